The van der Waals surface area contributed by atoms with Crippen molar-refractivity contribution in [3.05, 3.63) is 41.0 Å². The molecule has 0 spiro atoms. The van der Waals surface area contributed by atoms with E-state index < -0.39 is 5.97 Å². The molecular formula is C17H22O2. The average molecular weight is 258 g/mol. The minimum atomic E-state index is -0.862. The Kier molecular flexibility index (Phi) is 3.08. The number of aromatic carboxylic acids is 1. The van der Waals surface area contributed by atoms with Gasteiger partial charge >= 0.3 is 5.97 Å². The van der Waals surface area contributed by atoms with Crippen molar-refractivity contribution in [2.45, 2.75) is 46.5 Å². The van der Waals surface area contributed by atoms with Gasteiger partial charge in [-0.05, 0) is 46.1 Å². The molecule has 2 nitrogen and oxygen atoms in total. The minimum absolute atomic E-state index is 0.0301. The van der Waals surface area contributed by atoms with E-state index in [1.807, 2.05) is 12.1 Å². The normalized spacial score (nSPS) is 17.6. The summed E-state index contributed by atoms with van der Waals surface area (Å²) in [5.74, 6) is -0.862. The zero-order chi connectivity index (χ0) is 14.4. The van der Waals surface area contributed by atoms with Crippen molar-refractivity contribution in [2.24, 2.45) is 5.41 Å². The Morgan fingerprint density at radius 1 is 1.26 bits per heavy atom. The van der Waals surface area contributed by atoms with Crippen LogP contribution in [0.1, 0.15) is 62.5 Å². The Hall–Kier alpha value is -1.57. The van der Waals surface area contributed by atoms with Crippen molar-refractivity contribution >= 4 is 11.5 Å². The first-order valence-electron chi connectivity index (χ1n) is 6.72. The Morgan fingerprint density at radius 2 is 1.89 bits per heavy atom. The summed E-state index contributed by atoms with van der Waals surface area (Å²) in [4.78, 5) is 11.2. The molecule has 0 saturated carbocycles. The first kappa shape index (κ1) is 13.9. The topological polar surface area (TPSA) is 37.3 Å². The molecule has 2 rings (SSSR count). The molecule has 1 N–H and O–H groups in total. The van der Waals surface area contributed by atoms with Crippen LogP contribution in [0.3, 0.4) is 0 Å². The van der Waals surface area contributed by atoms with Crippen LogP contribution < -0.4 is 0 Å². The monoisotopic (exact) mass is 258 g/mol. The predicted molar refractivity (Wildman–Crippen MR) is 78.5 cm³/mol. The van der Waals surface area contributed by atoms with E-state index in [1.54, 1.807) is 6.07 Å². The van der Waals surface area contributed by atoms with Crippen molar-refractivity contribution in [1.82, 2.24) is 0 Å². The molecule has 19 heavy (non-hydrogen) atoms. The summed E-state index contributed by atoms with van der Waals surface area (Å²) in [7, 11) is 0. The van der Waals surface area contributed by atoms with Crippen LogP contribution in [-0.2, 0) is 5.41 Å². The molecule has 0 aliphatic heterocycles. The second-order valence-corrected chi connectivity index (χ2v) is 7.02. The molecule has 1 aliphatic rings. The molecule has 2 heteroatoms. The van der Waals surface area contributed by atoms with E-state index in [0.717, 1.165) is 12.0 Å². The summed E-state index contributed by atoms with van der Waals surface area (Å²) in [6, 6.07) is 5.53. The van der Waals surface area contributed by atoms with Gasteiger partial charge in [0.15, 0.2) is 0 Å². The highest BCUT2D eigenvalue weighted by Gasteiger charge is 2.32. The maximum atomic E-state index is 11.2. The Balaban J connectivity index is 2.67. The zero-order valence-electron chi connectivity index (χ0n) is 12.4. The Morgan fingerprint density at radius 3 is 2.42 bits per heavy atom. The maximum absolute atomic E-state index is 11.2. The van der Waals surface area contributed by atoms with Gasteiger partial charge < -0.3 is 5.11 Å². The number of carbonyl (C=O) groups is 1. The number of allylic oxidation sites excluding steroid dienone is 2. The van der Waals surface area contributed by atoms with Gasteiger partial charge in [0.05, 0.1) is 5.56 Å². The van der Waals surface area contributed by atoms with Gasteiger partial charge in [-0.3, -0.25) is 0 Å². The molecule has 0 fully saturated rings. The molecule has 0 heterocycles. The summed E-state index contributed by atoms with van der Waals surface area (Å²) >= 11 is 0. The lowest BCUT2D eigenvalue weighted by molar-refractivity contribution is 0.0696. The van der Waals surface area contributed by atoms with E-state index in [2.05, 4.69) is 40.7 Å². The number of carboxylic acid groups (broad SMARTS) is 1. The molecule has 102 valence electrons. The fraction of sp³-hybridized carbons (Fsp3) is 0.471. The second-order valence-electron chi connectivity index (χ2n) is 7.02. The lowest BCUT2D eigenvalue weighted by atomic mass is 9.68. The SMILES string of the molecule is CC(C)(C)C1=CCC(C)(C)c2ccc(C(=O)O)cc21. The smallest absolute Gasteiger partial charge is 0.335 e. The molecule has 0 atom stereocenters. The highest BCUT2D eigenvalue weighted by atomic mass is 16.4. The standard InChI is InChI=1S/C17H22O2/c1-16(2,3)13-8-9-17(4,5)14-7-6-11(15(18)19)10-12(13)14/h6-8,10H,9H2,1-5H3,(H,18,19). The first-order valence-corrected chi connectivity index (χ1v) is 6.72. The third kappa shape index (κ3) is 2.44. The van der Waals surface area contributed by atoms with Crippen LogP contribution in [-0.4, -0.2) is 11.1 Å². The number of benzene rings is 1. The average Bonchev–Trinajstić information content (AvgIpc) is 2.26. The molecule has 0 radical (unpaired) electrons. The van der Waals surface area contributed by atoms with E-state index in [9.17, 15) is 9.90 Å². The van der Waals surface area contributed by atoms with Crippen molar-refractivity contribution < 1.29 is 9.90 Å². The maximum Gasteiger partial charge on any atom is 0.335 e. The van der Waals surface area contributed by atoms with E-state index in [4.69, 9.17) is 0 Å². The lowest BCUT2D eigenvalue weighted by Crippen LogP contribution is -2.25. The number of fused-ring (bicyclic) bond motifs is 1. The predicted octanol–water partition coefficient (Wildman–Crippen LogP) is 4.50. The van der Waals surface area contributed by atoms with Crippen LogP contribution in [0.5, 0.6) is 0 Å². The van der Waals surface area contributed by atoms with E-state index in [0.29, 0.717) is 5.56 Å². The fourth-order valence-corrected chi connectivity index (χ4v) is 2.78. The number of rotatable bonds is 1. The summed E-state index contributed by atoms with van der Waals surface area (Å²) < 4.78 is 0. The highest BCUT2D eigenvalue weighted by Crippen LogP contribution is 2.45. The third-order valence-electron chi connectivity index (χ3n) is 3.91. The summed E-state index contributed by atoms with van der Waals surface area (Å²) in [5.41, 5.74) is 4.08. The van der Waals surface area contributed by atoms with Gasteiger partial charge in [0, 0.05) is 0 Å². The Labute approximate surface area is 115 Å². The van der Waals surface area contributed by atoms with Crippen LogP contribution >= 0.6 is 0 Å². The number of hydrogen-bond acceptors (Lipinski definition) is 1. The van der Waals surface area contributed by atoms with Crippen LogP contribution in [0.2, 0.25) is 0 Å². The van der Waals surface area contributed by atoms with Crippen LogP contribution in [0.25, 0.3) is 5.57 Å². The minimum Gasteiger partial charge on any atom is -0.478 e. The van der Waals surface area contributed by atoms with Gasteiger partial charge in [0.1, 0.15) is 0 Å². The summed E-state index contributed by atoms with van der Waals surface area (Å²) in [6.45, 7) is 10.9. The first-order chi connectivity index (χ1) is 8.63. The molecule has 0 aromatic heterocycles. The fourth-order valence-electron chi connectivity index (χ4n) is 2.78. The summed E-state index contributed by atoms with van der Waals surface area (Å²) in [5, 5.41) is 9.19. The second kappa shape index (κ2) is 4.22. The van der Waals surface area contributed by atoms with Crippen molar-refractivity contribution in [3.63, 3.8) is 0 Å². The van der Waals surface area contributed by atoms with Gasteiger partial charge in [0.25, 0.3) is 0 Å². The quantitative estimate of drug-likeness (QED) is 0.805. The number of carboxylic acids is 1. The van der Waals surface area contributed by atoms with Crippen molar-refractivity contribution in [3.8, 4) is 0 Å². The van der Waals surface area contributed by atoms with Crippen LogP contribution in [0.15, 0.2) is 24.3 Å². The summed E-state index contributed by atoms with van der Waals surface area (Å²) in [6.07, 6.45) is 3.27. The molecular weight excluding hydrogens is 236 g/mol. The lowest BCUT2D eigenvalue weighted by Gasteiger charge is -2.36. The van der Waals surface area contributed by atoms with Crippen LogP contribution in [0, 0.1) is 5.41 Å². The molecule has 1 aliphatic carbocycles. The molecule has 0 amide bonds. The van der Waals surface area contributed by atoms with Gasteiger partial charge in [-0.2, -0.15) is 0 Å². The molecule has 1 aromatic rings. The van der Waals surface area contributed by atoms with Gasteiger partial charge in [-0.1, -0.05) is 46.8 Å². The van der Waals surface area contributed by atoms with Gasteiger partial charge in [0.2, 0.25) is 0 Å². The van der Waals surface area contributed by atoms with Gasteiger partial charge in [-0.25, -0.2) is 4.79 Å². The van der Waals surface area contributed by atoms with Crippen molar-refractivity contribution in [1.29, 1.82) is 0 Å². The molecule has 0 saturated heterocycles. The molecule has 0 unspecified atom stereocenters. The van der Waals surface area contributed by atoms with E-state index >= 15 is 0 Å². The highest BCUT2D eigenvalue weighted by molar-refractivity contribution is 5.90. The molecule has 0 bridgehead atoms. The van der Waals surface area contributed by atoms with Crippen LogP contribution in [0.4, 0.5) is 0 Å². The molecule has 1 aromatic carbocycles. The van der Waals surface area contributed by atoms with E-state index in [1.165, 1.54) is 11.1 Å². The third-order valence-corrected chi connectivity index (χ3v) is 3.91. The van der Waals surface area contributed by atoms with E-state index in [-0.39, 0.29) is 10.8 Å². The van der Waals surface area contributed by atoms with Gasteiger partial charge in [-0.15, -0.1) is 0 Å². The number of hydrogen-bond donors (Lipinski definition) is 1. The Bertz CT molecular complexity index is 557. The largest absolute Gasteiger partial charge is 0.478 e. The zero-order valence-corrected chi connectivity index (χ0v) is 12.4. The van der Waals surface area contributed by atoms with Crippen molar-refractivity contribution in [2.75, 3.05) is 0 Å².